The van der Waals surface area contributed by atoms with Crippen LogP contribution in [-0.2, 0) is 0 Å². The van der Waals surface area contributed by atoms with Crippen molar-refractivity contribution in [1.82, 2.24) is 39.9 Å². The molecule has 0 aliphatic heterocycles. The van der Waals surface area contributed by atoms with E-state index in [2.05, 4.69) is 107 Å². The highest BCUT2D eigenvalue weighted by molar-refractivity contribution is 5.83. The van der Waals surface area contributed by atoms with Gasteiger partial charge in [0.15, 0.2) is 34.9 Å². The van der Waals surface area contributed by atoms with Gasteiger partial charge in [0.25, 0.3) is 0 Å². The Bertz CT molecular complexity index is 3350. The summed E-state index contributed by atoms with van der Waals surface area (Å²) < 4.78 is 0. The van der Waals surface area contributed by atoms with Gasteiger partial charge in [0.05, 0.1) is 0 Å². The summed E-state index contributed by atoms with van der Waals surface area (Å²) in [6, 6.07) is 70.0. The van der Waals surface area contributed by atoms with Crippen LogP contribution in [-0.4, -0.2) is 39.9 Å². The molecule has 66 heavy (non-hydrogen) atoms. The van der Waals surface area contributed by atoms with Crippen molar-refractivity contribution in [1.29, 1.82) is 0 Å². The quantitative estimate of drug-likeness (QED) is 0.134. The Labute approximate surface area is 382 Å². The van der Waals surface area contributed by atoms with E-state index in [9.17, 15) is 0 Å². The first-order chi connectivity index (χ1) is 32.7. The second-order valence-electron chi connectivity index (χ2n) is 15.7. The van der Waals surface area contributed by atoms with E-state index in [1.54, 1.807) is 6.20 Å². The average Bonchev–Trinajstić information content (AvgIpc) is 3.42. The number of aromatic nitrogens is 8. The fourth-order valence-electron chi connectivity index (χ4n) is 7.93. The van der Waals surface area contributed by atoms with Crippen LogP contribution in [0.15, 0.2) is 231 Å². The van der Waals surface area contributed by atoms with Crippen LogP contribution in [0.4, 0.5) is 0 Å². The molecule has 0 aliphatic rings. The minimum atomic E-state index is 0.595. The largest absolute Gasteiger partial charge is 0.265 e. The predicted octanol–water partition coefficient (Wildman–Crippen LogP) is 13.5. The lowest BCUT2D eigenvalue weighted by Crippen LogP contribution is -2.00. The van der Waals surface area contributed by atoms with Crippen molar-refractivity contribution in [2.45, 2.75) is 0 Å². The second kappa shape index (κ2) is 17.9. The molecular weight excluding hydrogens is 809 g/mol. The minimum absolute atomic E-state index is 0.595. The third kappa shape index (κ3) is 8.50. The maximum atomic E-state index is 5.03. The predicted molar refractivity (Wildman–Crippen MR) is 263 cm³/mol. The van der Waals surface area contributed by atoms with Gasteiger partial charge in [-0.05, 0) is 80.9 Å². The normalized spacial score (nSPS) is 11.0. The SMILES string of the molecule is c1ccc(-c2nc(-c3ccccc3)nc(-c3ccc(-c4cc(-c5ccncc5)cc(-c5ccc(-c6nc(-c7ccccc7)nc(-c7ccc(-c8cccnc8)cc7)n6)cc5)c4)cc3)n2)cc1. The van der Waals surface area contributed by atoms with E-state index in [0.717, 1.165) is 77.9 Å². The van der Waals surface area contributed by atoms with E-state index in [1.807, 2.05) is 128 Å². The topological polar surface area (TPSA) is 103 Å². The van der Waals surface area contributed by atoms with Crippen molar-refractivity contribution in [3.63, 3.8) is 0 Å². The highest BCUT2D eigenvalue weighted by atomic mass is 15.0. The van der Waals surface area contributed by atoms with Crippen molar-refractivity contribution in [2.24, 2.45) is 0 Å². The Balaban J connectivity index is 0.942. The van der Waals surface area contributed by atoms with Gasteiger partial charge in [0.2, 0.25) is 0 Å². The fourth-order valence-corrected chi connectivity index (χ4v) is 7.93. The molecule has 4 aromatic heterocycles. The van der Waals surface area contributed by atoms with Gasteiger partial charge in [-0.15, -0.1) is 0 Å². The average molecular weight is 847 g/mol. The molecule has 0 unspecified atom stereocenters. The van der Waals surface area contributed by atoms with Gasteiger partial charge in [0.1, 0.15) is 0 Å². The monoisotopic (exact) mass is 846 g/mol. The maximum Gasteiger partial charge on any atom is 0.164 e. The summed E-state index contributed by atoms with van der Waals surface area (Å²) in [6.07, 6.45) is 7.30. The number of hydrogen-bond donors (Lipinski definition) is 0. The number of rotatable bonds is 10. The van der Waals surface area contributed by atoms with E-state index >= 15 is 0 Å². The molecule has 11 rings (SSSR count). The summed E-state index contributed by atoms with van der Waals surface area (Å²) in [5.74, 6) is 3.68. The molecule has 8 heteroatoms. The number of hydrogen-bond acceptors (Lipinski definition) is 8. The van der Waals surface area contributed by atoms with Crippen molar-refractivity contribution in [3.05, 3.63) is 231 Å². The fraction of sp³-hybridized carbons (Fsp3) is 0. The summed E-state index contributed by atoms with van der Waals surface area (Å²) in [5.41, 5.74) is 14.0. The number of nitrogens with zero attached hydrogens (tertiary/aromatic N) is 8. The van der Waals surface area contributed by atoms with Crippen LogP contribution in [0.3, 0.4) is 0 Å². The Morgan fingerprint density at radius 2 is 0.455 bits per heavy atom. The summed E-state index contributed by atoms with van der Waals surface area (Å²) in [6.45, 7) is 0. The molecule has 0 saturated heterocycles. The Kier molecular flexibility index (Phi) is 10.8. The van der Waals surface area contributed by atoms with Gasteiger partial charge >= 0.3 is 0 Å². The van der Waals surface area contributed by atoms with Crippen LogP contribution in [0.1, 0.15) is 0 Å². The molecule has 0 spiro atoms. The van der Waals surface area contributed by atoms with E-state index in [-0.39, 0.29) is 0 Å². The second-order valence-corrected chi connectivity index (χ2v) is 15.7. The van der Waals surface area contributed by atoms with Gasteiger partial charge in [0, 0.05) is 58.2 Å². The van der Waals surface area contributed by atoms with Crippen LogP contribution in [0, 0.1) is 0 Å². The lowest BCUT2D eigenvalue weighted by atomic mass is 9.93. The van der Waals surface area contributed by atoms with E-state index in [4.69, 9.17) is 29.9 Å². The third-order valence-electron chi connectivity index (χ3n) is 11.4. The molecule has 310 valence electrons. The van der Waals surface area contributed by atoms with Gasteiger partial charge in [-0.1, -0.05) is 170 Å². The van der Waals surface area contributed by atoms with Crippen LogP contribution < -0.4 is 0 Å². The molecule has 8 nitrogen and oxygen atoms in total. The summed E-state index contributed by atoms with van der Waals surface area (Å²) in [7, 11) is 0. The molecule has 0 atom stereocenters. The highest BCUT2D eigenvalue weighted by Crippen LogP contribution is 2.35. The first-order valence-corrected chi connectivity index (χ1v) is 21.6. The molecule has 0 aliphatic carbocycles. The molecule has 4 heterocycles. The van der Waals surface area contributed by atoms with Gasteiger partial charge in [-0.2, -0.15) is 0 Å². The number of benzene rings is 7. The van der Waals surface area contributed by atoms with Crippen LogP contribution >= 0.6 is 0 Å². The van der Waals surface area contributed by atoms with E-state index in [1.165, 1.54) is 0 Å². The molecule has 0 radical (unpaired) electrons. The number of pyridine rings is 2. The summed E-state index contributed by atoms with van der Waals surface area (Å²) in [5, 5.41) is 0. The summed E-state index contributed by atoms with van der Waals surface area (Å²) in [4.78, 5) is 38.3. The minimum Gasteiger partial charge on any atom is -0.265 e. The Morgan fingerprint density at radius 1 is 0.182 bits per heavy atom. The Hall–Kier alpha value is -9.14. The first-order valence-electron chi connectivity index (χ1n) is 21.6. The maximum absolute atomic E-state index is 5.03. The van der Waals surface area contributed by atoms with Gasteiger partial charge in [-0.25, -0.2) is 29.9 Å². The standard InChI is InChI=1S/C58H38N8/c1-4-11-43(12-5-1)53-61-54(44-13-6-2-7-14-44)63-56(62-53)47-26-20-40(21-27-47)50-35-51(37-52(36-50)42-30-33-59-34-31-42)41-22-28-48(29-23-41)58-65-55(45-15-8-3-9-16-45)64-57(66-58)46-24-18-39(19-25-46)49-17-10-32-60-38-49/h1-38H. The van der Waals surface area contributed by atoms with Crippen molar-refractivity contribution in [2.75, 3.05) is 0 Å². The summed E-state index contributed by atoms with van der Waals surface area (Å²) >= 11 is 0. The van der Waals surface area contributed by atoms with Gasteiger partial charge in [-0.3, -0.25) is 9.97 Å². The van der Waals surface area contributed by atoms with E-state index in [0.29, 0.717) is 34.9 Å². The molecule has 0 fully saturated rings. The lowest BCUT2D eigenvalue weighted by molar-refractivity contribution is 1.07. The van der Waals surface area contributed by atoms with Crippen molar-refractivity contribution in [3.8, 4) is 113 Å². The molecule has 11 aromatic rings. The molecule has 0 saturated carbocycles. The van der Waals surface area contributed by atoms with Crippen LogP contribution in [0.25, 0.3) is 113 Å². The lowest BCUT2D eigenvalue weighted by Gasteiger charge is -2.13. The van der Waals surface area contributed by atoms with Crippen molar-refractivity contribution >= 4 is 0 Å². The van der Waals surface area contributed by atoms with Crippen LogP contribution in [0.5, 0.6) is 0 Å². The zero-order valence-corrected chi connectivity index (χ0v) is 35.5. The molecular formula is C58H38N8. The van der Waals surface area contributed by atoms with Crippen LogP contribution in [0.2, 0.25) is 0 Å². The zero-order valence-electron chi connectivity index (χ0n) is 35.5. The van der Waals surface area contributed by atoms with Gasteiger partial charge < -0.3 is 0 Å². The molecule has 0 bridgehead atoms. The zero-order chi connectivity index (χ0) is 44.1. The molecule has 0 N–H and O–H groups in total. The first kappa shape index (κ1) is 39.7. The molecule has 0 amide bonds. The smallest absolute Gasteiger partial charge is 0.164 e. The molecule has 7 aromatic carbocycles. The highest BCUT2D eigenvalue weighted by Gasteiger charge is 2.16. The van der Waals surface area contributed by atoms with Crippen molar-refractivity contribution < 1.29 is 0 Å². The third-order valence-corrected chi connectivity index (χ3v) is 11.4. The Morgan fingerprint density at radius 3 is 0.773 bits per heavy atom. The van der Waals surface area contributed by atoms with E-state index < -0.39 is 0 Å².